The van der Waals surface area contributed by atoms with E-state index in [0.29, 0.717) is 25.3 Å². The van der Waals surface area contributed by atoms with Crippen LogP contribution in [0.4, 0.5) is 10.6 Å². The first-order chi connectivity index (χ1) is 17.8. The van der Waals surface area contributed by atoms with Gasteiger partial charge in [0.05, 0.1) is 23.7 Å². The molecule has 1 atom stereocenters. The molecule has 2 amide bonds. The van der Waals surface area contributed by atoms with Crippen molar-refractivity contribution in [2.24, 2.45) is 0 Å². The molecule has 2 aromatic carbocycles. The molecule has 1 aliphatic carbocycles. The van der Waals surface area contributed by atoms with Gasteiger partial charge in [0.15, 0.2) is 0 Å². The summed E-state index contributed by atoms with van der Waals surface area (Å²) in [6.45, 7) is 2.98. The Morgan fingerprint density at radius 2 is 1.92 bits per heavy atom. The second-order valence-corrected chi connectivity index (χ2v) is 12.1. The number of nitrogens with one attached hydrogen (secondary N) is 2. The number of anilines is 1. The number of rotatable bonds is 7. The molecule has 1 aromatic heterocycles. The number of unbranched alkanes of at least 4 members (excludes halogenated alkanes) is 1. The minimum atomic E-state index is -3.27. The van der Waals surface area contributed by atoms with Crippen LogP contribution in [0.5, 0.6) is 0 Å². The smallest absolute Gasteiger partial charge is 0.320 e. The molecule has 0 bridgehead atoms. The van der Waals surface area contributed by atoms with Crippen LogP contribution in [-0.2, 0) is 35.8 Å². The minimum Gasteiger partial charge on any atom is -0.331 e. The van der Waals surface area contributed by atoms with Crippen LogP contribution in [-0.4, -0.2) is 41.3 Å². The van der Waals surface area contributed by atoms with Crippen molar-refractivity contribution >= 4 is 21.9 Å². The van der Waals surface area contributed by atoms with Crippen molar-refractivity contribution in [1.82, 2.24) is 19.4 Å². The number of hydrogen-bond donors (Lipinski definition) is 2. The van der Waals surface area contributed by atoms with Crippen LogP contribution >= 0.6 is 0 Å². The molecule has 0 radical (unpaired) electrons. The fourth-order valence-electron chi connectivity index (χ4n) is 5.34. The highest BCUT2D eigenvalue weighted by Crippen LogP contribution is 2.30. The van der Waals surface area contributed by atoms with Gasteiger partial charge >= 0.3 is 6.03 Å². The lowest BCUT2D eigenvalue weighted by Crippen LogP contribution is -2.35. The molecule has 0 spiro atoms. The highest BCUT2D eigenvalue weighted by molar-refractivity contribution is 7.88. The van der Waals surface area contributed by atoms with E-state index < -0.39 is 10.0 Å². The van der Waals surface area contributed by atoms with Gasteiger partial charge in [-0.2, -0.15) is 9.40 Å². The van der Waals surface area contributed by atoms with E-state index in [2.05, 4.69) is 29.7 Å². The third-order valence-electron chi connectivity index (χ3n) is 7.34. The Bertz CT molecular complexity index is 1400. The summed E-state index contributed by atoms with van der Waals surface area (Å²) in [6.07, 6.45) is 7.81. The molecule has 2 N–H and O–H groups in total. The quantitative estimate of drug-likeness (QED) is 0.470. The van der Waals surface area contributed by atoms with E-state index in [9.17, 15) is 13.2 Å². The van der Waals surface area contributed by atoms with Crippen LogP contribution in [0, 0.1) is 0 Å². The van der Waals surface area contributed by atoms with E-state index in [-0.39, 0.29) is 12.1 Å². The summed E-state index contributed by atoms with van der Waals surface area (Å²) in [5, 5.41) is 11.0. The van der Waals surface area contributed by atoms with Crippen molar-refractivity contribution in [3.8, 4) is 5.69 Å². The fraction of sp³-hybridized carbons (Fsp3) is 0.429. The summed E-state index contributed by atoms with van der Waals surface area (Å²) < 4.78 is 27.5. The number of nitrogens with zero attached hydrogens (tertiary/aromatic N) is 3. The maximum atomic E-state index is 13.1. The molecule has 1 aliphatic heterocycles. The van der Waals surface area contributed by atoms with Gasteiger partial charge in [0, 0.05) is 19.2 Å². The predicted octanol–water partition coefficient (Wildman–Crippen LogP) is 4.73. The van der Waals surface area contributed by atoms with E-state index in [4.69, 9.17) is 5.10 Å². The molecule has 9 heteroatoms. The SMILES string of the molecule is CCCCc1cc(NC(=O)NC2CCCc3ccccc32)n(-c2ccc3c(c2)CN(S(C)(=O)=O)CC3)n1. The normalized spacial score (nSPS) is 17.6. The molecule has 37 heavy (non-hydrogen) atoms. The van der Waals surface area contributed by atoms with Gasteiger partial charge in [-0.1, -0.05) is 43.7 Å². The third-order valence-corrected chi connectivity index (χ3v) is 8.59. The van der Waals surface area contributed by atoms with Crippen LogP contribution in [0.2, 0.25) is 0 Å². The molecule has 2 aliphatic rings. The summed E-state index contributed by atoms with van der Waals surface area (Å²) in [5.41, 5.74) is 6.30. The van der Waals surface area contributed by atoms with E-state index in [1.807, 2.05) is 36.4 Å². The molecule has 0 saturated carbocycles. The molecule has 1 unspecified atom stereocenters. The van der Waals surface area contributed by atoms with Crippen molar-refractivity contribution in [3.63, 3.8) is 0 Å². The summed E-state index contributed by atoms with van der Waals surface area (Å²) in [5.74, 6) is 0.600. The molecular weight excluding hydrogens is 486 g/mol. The molecule has 0 fully saturated rings. The van der Waals surface area contributed by atoms with E-state index in [1.54, 1.807) is 4.68 Å². The number of carbonyl (C=O) groups excluding carboxylic acids is 1. The first-order valence-electron chi connectivity index (χ1n) is 13.1. The largest absolute Gasteiger partial charge is 0.331 e. The van der Waals surface area contributed by atoms with Crippen LogP contribution in [0.25, 0.3) is 5.69 Å². The van der Waals surface area contributed by atoms with Gasteiger partial charge in [0.1, 0.15) is 5.82 Å². The molecule has 8 nitrogen and oxygen atoms in total. The van der Waals surface area contributed by atoms with E-state index in [0.717, 1.165) is 61.0 Å². The third kappa shape index (κ3) is 5.72. The lowest BCUT2D eigenvalue weighted by molar-refractivity contribution is 0.247. The number of sulfonamides is 1. The summed E-state index contributed by atoms with van der Waals surface area (Å²) >= 11 is 0. The first kappa shape index (κ1) is 25.5. The monoisotopic (exact) mass is 521 g/mol. The van der Waals surface area contributed by atoms with Gasteiger partial charge in [-0.3, -0.25) is 5.32 Å². The van der Waals surface area contributed by atoms with Gasteiger partial charge in [-0.15, -0.1) is 0 Å². The number of carbonyl (C=O) groups is 1. The predicted molar refractivity (Wildman–Crippen MR) is 145 cm³/mol. The van der Waals surface area contributed by atoms with Gasteiger partial charge in [0.25, 0.3) is 0 Å². The first-order valence-corrected chi connectivity index (χ1v) is 15.0. The average Bonchev–Trinajstić information content (AvgIpc) is 3.28. The zero-order chi connectivity index (χ0) is 26.0. The van der Waals surface area contributed by atoms with E-state index >= 15 is 0 Å². The lowest BCUT2D eigenvalue weighted by Gasteiger charge is -2.27. The van der Waals surface area contributed by atoms with Crippen molar-refractivity contribution in [2.75, 3.05) is 18.1 Å². The lowest BCUT2D eigenvalue weighted by atomic mass is 9.88. The Hall–Kier alpha value is -3.17. The maximum Gasteiger partial charge on any atom is 0.320 e. The Labute approximate surface area is 219 Å². The number of amides is 2. The number of fused-ring (bicyclic) bond motifs is 2. The van der Waals surface area contributed by atoms with Gasteiger partial charge in [-0.05, 0) is 72.9 Å². The Balaban J connectivity index is 1.40. The van der Waals surface area contributed by atoms with Crippen LogP contribution in [0.15, 0.2) is 48.5 Å². The van der Waals surface area contributed by atoms with Crippen LogP contribution in [0.3, 0.4) is 0 Å². The molecule has 0 saturated heterocycles. The van der Waals surface area contributed by atoms with Crippen molar-refractivity contribution < 1.29 is 13.2 Å². The standard InChI is InChI=1S/C28H35N5O3S/c1-3-4-10-23-18-27(30-28(34)29-26-12-7-9-21-8-5-6-11-25(21)26)33(31-23)24-14-13-20-15-16-32(37(2,35)36)19-22(20)17-24/h5-6,8,11,13-14,17-18,26H,3-4,7,9-10,12,15-16,19H2,1-2H3,(H2,29,30,34). The Kier molecular flexibility index (Phi) is 7.35. The summed E-state index contributed by atoms with van der Waals surface area (Å²) in [4.78, 5) is 13.1. The van der Waals surface area contributed by atoms with Gasteiger partial charge < -0.3 is 5.32 Å². The Morgan fingerprint density at radius 3 is 2.73 bits per heavy atom. The fourth-order valence-corrected chi connectivity index (χ4v) is 6.14. The van der Waals surface area contributed by atoms with Gasteiger partial charge in [-0.25, -0.2) is 17.9 Å². The second kappa shape index (κ2) is 10.7. The molecular formula is C28H35N5O3S. The average molecular weight is 522 g/mol. The number of urea groups is 1. The molecule has 5 rings (SSSR count). The topological polar surface area (TPSA) is 96.3 Å². The molecule has 196 valence electrons. The van der Waals surface area contributed by atoms with Crippen LogP contribution < -0.4 is 10.6 Å². The zero-order valence-electron chi connectivity index (χ0n) is 21.5. The second-order valence-electron chi connectivity index (χ2n) is 10.1. The van der Waals surface area contributed by atoms with Crippen molar-refractivity contribution in [2.45, 2.75) is 64.5 Å². The van der Waals surface area contributed by atoms with Crippen LogP contribution in [0.1, 0.15) is 66.6 Å². The Morgan fingerprint density at radius 1 is 1.08 bits per heavy atom. The summed E-state index contributed by atoms with van der Waals surface area (Å²) in [6, 6.07) is 16.0. The highest BCUT2D eigenvalue weighted by Gasteiger charge is 2.25. The van der Waals surface area contributed by atoms with Gasteiger partial charge in [0.2, 0.25) is 10.0 Å². The number of aryl methyl sites for hydroxylation is 2. The molecule has 2 heterocycles. The highest BCUT2D eigenvalue weighted by atomic mass is 32.2. The molecule has 3 aromatic rings. The number of hydrogen-bond acceptors (Lipinski definition) is 4. The summed E-state index contributed by atoms with van der Waals surface area (Å²) in [7, 11) is -3.27. The minimum absolute atomic E-state index is 0.0217. The zero-order valence-corrected chi connectivity index (χ0v) is 22.4. The van der Waals surface area contributed by atoms with Crippen molar-refractivity contribution in [3.05, 3.63) is 76.5 Å². The maximum absolute atomic E-state index is 13.1. The number of benzene rings is 2. The van der Waals surface area contributed by atoms with E-state index in [1.165, 1.54) is 21.7 Å². The number of aromatic nitrogens is 2. The van der Waals surface area contributed by atoms with Crippen molar-refractivity contribution in [1.29, 1.82) is 0 Å².